The SMILES string of the molecule is O=CC#CC#CC#CC#CC#CC#CC#CC(=O)O. The van der Waals surface area contributed by atoms with Gasteiger partial charge in [0.15, 0.2) is 6.29 Å². The highest BCUT2D eigenvalue weighted by molar-refractivity contribution is 5.87. The molecule has 3 nitrogen and oxygen atoms in total. The first-order valence-electron chi connectivity index (χ1n) is 4.45. The highest BCUT2D eigenvalue weighted by Crippen LogP contribution is 1.58. The van der Waals surface area contributed by atoms with E-state index in [2.05, 4.69) is 77.0 Å². The van der Waals surface area contributed by atoms with E-state index in [1.165, 1.54) is 0 Å². The van der Waals surface area contributed by atoms with Gasteiger partial charge >= 0.3 is 5.97 Å². The second-order valence-corrected chi connectivity index (χ2v) is 2.19. The highest BCUT2D eigenvalue weighted by Gasteiger charge is 1.78. The minimum Gasteiger partial charge on any atom is -0.472 e. The first-order chi connectivity index (χ1) is 9.27. The van der Waals surface area contributed by atoms with Crippen LogP contribution in [0, 0.1) is 82.9 Å². The van der Waals surface area contributed by atoms with Crippen LogP contribution >= 0.6 is 0 Å². The van der Waals surface area contributed by atoms with E-state index in [4.69, 9.17) is 5.11 Å². The van der Waals surface area contributed by atoms with E-state index in [1.807, 2.05) is 0 Å². The third kappa shape index (κ3) is 14.1. The van der Waals surface area contributed by atoms with Crippen molar-refractivity contribution in [2.24, 2.45) is 0 Å². The molecule has 0 heterocycles. The molecule has 0 aliphatic heterocycles. The summed E-state index contributed by atoms with van der Waals surface area (Å²) in [7, 11) is 0. The van der Waals surface area contributed by atoms with Crippen LogP contribution in [-0.2, 0) is 9.59 Å². The Labute approximate surface area is 110 Å². The number of hydrogen-bond donors (Lipinski definition) is 1. The first kappa shape index (κ1) is 15.1. The molecule has 3 heteroatoms. The molecule has 0 bridgehead atoms. The van der Waals surface area contributed by atoms with Crippen LogP contribution in [0.25, 0.3) is 0 Å². The summed E-state index contributed by atoms with van der Waals surface area (Å²) in [5.41, 5.74) is 0. The molecule has 0 spiro atoms. The maximum Gasteiger partial charge on any atom is 0.382 e. The fourth-order valence-corrected chi connectivity index (χ4v) is 0.463. The number of carboxylic acids is 1. The fourth-order valence-electron chi connectivity index (χ4n) is 0.463. The zero-order chi connectivity index (χ0) is 14.2. The van der Waals surface area contributed by atoms with Crippen molar-refractivity contribution in [1.29, 1.82) is 0 Å². The molecule has 0 aromatic rings. The van der Waals surface area contributed by atoms with Gasteiger partial charge < -0.3 is 5.11 Å². The number of hydrogen-bond acceptors (Lipinski definition) is 2. The number of carbonyl (C=O) groups excluding carboxylic acids is 1. The summed E-state index contributed by atoms with van der Waals surface area (Å²) < 4.78 is 0. The van der Waals surface area contributed by atoms with Gasteiger partial charge in [0.2, 0.25) is 0 Å². The summed E-state index contributed by atoms with van der Waals surface area (Å²) in [5.74, 6) is 30.3. The van der Waals surface area contributed by atoms with Gasteiger partial charge in [-0.25, -0.2) is 4.79 Å². The zero-order valence-electron chi connectivity index (χ0n) is 9.34. The molecule has 0 unspecified atom stereocenters. The summed E-state index contributed by atoms with van der Waals surface area (Å²) in [6.45, 7) is 0. The van der Waals surface area contributed by atoms with Crippen LogP contribution in [0.2, 0.25) is 0 Å². The molecule has 0 fully saturated rings. The average molecular weight is 242 g/mol. The average Bonchev–Trinajstić information content (AvgIpc) is 2.39. The molecule has 0 aliphatic carbocycles. The van der Waals surface area contributed by atoms with Gasteiger partial charge in [0, 0.05) is 5.92 Å². The van der Waals surface area contributed by atoms with Gasteiger partial charge in [-0.1, -0.05) is 0 Å². The van der Waals surface area contributed by atoms with Gasteiger partial charge in [-0.15, -0.1) is 0 Å². The normalized spacial score (nSPS) is 4.63. The number of rotatable bonds is 0. The quantitative estimate of drug-likeness (QED) is 0.451. The second kappa shape index (κ2) is 12.1. The molecule has 0 aromatic heterocycles. The number of carboxylic acid groups (broad SMARTS) is 1. The maximum absolute atomic E-state index is 9.97. The van der Waals surface area contributed by atoms with Crippen molar-refractivity contribution >= 4 is 12.3 Å². The van der Waals surface area contributed by atoms with Crippen LogP contribution in [0.1, 0.15) is 0 Å². The molecule has 0 amide bonds. The van der Waals surface area contributed by atoms with E-state index in [1.54, 1.807) is 5.92 Å². The summed E-state index contributed by atoms with van der Waals surface area (Å²) in [6, 6.07) is 0. The third-order valence-corrected chi connectivity index (χ3v) is 0.988. The van der Waals surface area contributed by atoms with Crippen molar-refractivity contribution in [3.63, 3.8) is 0 Å². The lowest BCUT2D eigenvalue weighted by Crippen LogP contribution is -1.85. The molecule has 0 saturated heterocycles. The van der Waals surface area contributed by atoms with E-state index >= 15 is 0 Å². The number of carbonyl (C=O) groups is 2. The zero-order valence-corrected chi connectivity index (χ0v) is 9.34. The van der Waals surface area contributed by atoms with E-state index in [9.17, 15) is 9.59 Å². The first-order valence-corrected chi connectivity index (χ1v) is 4.45. The Morgan fingerprint density at radius 3 is 1.42 bits per heavy atom. The maximum atomic E-state index is 9.97. The van der Waals surface area contributed by atoms with Gasteiger partial charge in [-0.05, 0) is 77.0 Å². The lowest BCUT2D eigenvalue weighted by atomic mass is 10.5. The van der Waals surface area contributed by atoms with Crippen molar-refractivity contribution in [2.75, 3.05) is 0 Å². The Kier molecular flexibility index (Phi) is 9.62. The second-order valence-electron chi connectivity index (χ2n) is 2.19. The van der Waals surface area contributed by atoms with Gasteiger partial charge in [-0.2, -0.15) is 0 Å². The van der Waals surface area contributed by atoms with Crippen molar-refractivity contribution in [1.82, 2.24) is 0 Å². The molecule has 84 valence electrons. The van der Waals surface area contributed by atoms with E-state index in [0.29, 0.717) is 6.29 Å². The number of aliphatic carboxylic acids is 1. The monoisotopic (exact) mass is 242 g/mol. The third-order valence-electron chi connectivity index (χ3n) is 0.988. The Hall–Kier alpha value is -3.94. The van der Waals surface area contributed by atoms with Gasteiger partial charge in [0.05, 0.1) is 0 Å². The Morgan fingerprint density at radius 2 is 1.05 bits per heavy atom. The van der Waals surface area contributed by atoms with E-state index in [-0.39, 0.29) is 0 Å². The van der Waals surface area contributed by atoms with Crippen molar-refractivity contribution in [3.8, 4) is 82.9 Å². The van der Waals surface area contributed by atoms with Crippen LogP contribution < -0.4 is 0 Å². The van der Waals surface area contributed by atoms with Crippen LogP contribution in [0.3, 0.4) is 0 Å². The van der Waals surface area contributed by atoms with Crippen LogP contribution in [-0.4, -0.2) is 17.4 Å². The molecule has 0 aromatic carbocycles. The summed E-state index contributed by atoms with van der Waals surface area (Å²) >= 11 is 0. The molecule has 0 radical (unpaired) electrons. The summed E-state index contributed by atoms with van der Waals surface area (Å²) in [6.07, 6.45) is 0.430. The Morgan fingerprint density at radius 1 is 0.684 bits per heavy atom. The number of aldehydes is 1. The standard InChI is InChI=1S/C16H2O3/c17-15-13-11-9-7-5-3-1-2-4-6-8-10-12-14-16(18)19/h15H,(H,18,19). The molecule has 19 heavy (non-hydrogen) atoms. The fraction of sp³-hybridized carbons (Fsp3) is 0. The molecular formula is C16H2O3. The highest BCUT2D eigenvalue weighted by atomic mass is 16.4. The smallest absolute Gasteiger partial charge is 0.382 e. The lowest BCUT2D eigenvalue weighted by molar-refractivity contribution is -0.130. The molecule has 0 rings (SSSR count). The largest absolute Gasteiger partial charge is 0.472 e. The van der Waals surface area contributed by atoms with Crippen molar-refractivity contribution in [3.05, 3.63) is 0 Å². The molecule has 0 atom stereocenters. The van der Waals surface area contributed by atoms with Crippen LogP contribution in [0.15, 0.2) is 0 Å². The van der Waals surface area contributed by atoms with Crippen molar-refractivity contribution in [2.45, 2.75) is 0 Å². The van der Waals surface area contributed by atoms with Crippen LogP contribution in [0.5, 0.6) is 0 Å². The van der Waals surface area contributed by atoms with Gasteiger partial charge in [-0.3, -0.25) is 4.79 Å². The molecule has 1 N–H and O–H groups in total. The Balaban J connectivity index is 4.32. The summed E-state index contributed by atoms with van der Waals surface area (Å²) in [5, 5.41) is 8.15. The Bertz CT molecular complexity index is 795. The van der Waals surface area contributed by atoms with Gasteiger partial charge in [0.25, 0.3) is 0 Å². The predicted octanol–water partition coefficient (Wildman–Crippen LogP) is -0.706. The molecule has 0 saturated carbocycles. The predicted molar refractivity (Wildman–Crippen MR) is 68.1 cm³/mol. The molecule has 0 aliphatic rings. The minimum atomic E-state index is -1.25. The van der Waals surface area contributed by atoms with Gasteiger partial charge in [0.1, 0.15) is 0 Å². The van der Waals surface area contributed by atoms with Crippen LogP contribution in [0.4, 0.5) is 0 Å². The van der Waals surface area contributed by atoms with E-state index < -0.39 is 5.97 Å². The van der Waals surface area contributed by atoms with E-state index in [0.717, 1.165) is 0 Å². The topological polar surface area (TPSA) is 54.4 Å². The minimum absolute atomic E-state index is 0.430. The van der Waals surface area contributed by atoms with Crippen molar-refractivity contribution < 1.29 is 14.7 Å². The lowest BCUT2D eigenvalue weighted by Gasteiger charge is -1.63. The summed E-state index contributed by atoms with van der Waals surface area (Å²) in [4.78, 5) is 19.7. The molecular weight excluding hydrogens is 240 g/mol.